The van der Waals surface area contributed by atoms with Gasteiger partial charge < -0.3 is 5.32 Å². The summed E-state index contributed by atoms with van der Waals surface area (Å²) in [5.74, 6) is -0.0725. The molecule has 26 heavy (non-hydrogen) atoms. The molecule has 0 saturated heterocycles. The van der Waals surface area contributed by atoms with Crippen LogP contribution in [0.4, 0.5) is 5.69 Å². The van der Waals surface area contributed by atoms with Gasteiger partial charge in [0.15, 0.2) is 0 Å². The van der Waals surface area contributed by atoms with E-state index in [4.69, 9.17) is 0 Å². The first-order chi connectivity index (χ1) is 12.4. The molecule has 1 amide bonds. The van der Waals surface area contributed by atoms with Crippen molar-refractivity contribution in [2.45, 2.75) is 53.9 Å². The normalized spacial score (nSPS) is 11.2. The highest BCUT2D eigenvalue weighted by molar-refractivity contribution is 14.1. The zero-order valence-corrected chi connectivity index (χ0v) is 18.4. The number of hydrogen-bond donors (Lipinski definition) is 1. The second kappa shape index (κ2) is 9.31. The second-order valence-corrected chi connectivity index (χ2v) is 7.41. The number of amides is 1. The van der Waals surface area contributed by atoms with Gasteiger partial charge in [0.05, 0.1) is 11.3 Å². The molecule has 0 radical (unpaired) electrons. The molecule has 0 spiro atoms. The standard InChI is InChI=1S/C22H27IN2O/c1-6-9-13-18-14(4)24-15(5)19(20(18)23)22(26)25-21-16(7-2)11-10-12-17(21)8-3/h6,9-12H,7-8,13H2,1-5H3,(H,25,26). The lowest BCUT2D eigenvalue weighted by atomic mass is 10.0. The fraction of sp³-hybridized carbons (Fsp3) is 0.364. The topological polar surface area (TPSA) is 42.0 Å². The van der Waals surface area contributed by atoms with E-state index >= 15 is 0 Å². The van der Waals surface area contributed by atoms with Gasteiger partial charge in [-0.3, -0.25) is 9.78 Å². The van der Waals surface area contributed by atoms with Crippen LogP contribution in [0, 0.1) is 17.4 Å². The Hall–Kier alpha value is -1.69. The minimum atomic E-state index is -0.0725. The van der Waals surface area contributed by atoms with E-state index in [1.807, 2.05) is 26.8 Å². The first-order valence-corrected chi connectivity index (χ1v) is 10.2. The number of carbonyl (C=O) groups is 1. The quantitative estimate of drug-likeness (QED) is 0.436. The molecule has 1 aromatic heterocycles. The lowest BCUT2D eigenvalue weighted by Crippen LogP contribution is -2.19. The number of halogens is 1. The van der Waals surface area contributed by atoms with Gasteiger partial charge in [-0.2, -0.15) is 0 Å². The van der Waals surface area contributed by atoms with Crippen molar-refractivity contribution in [3.05, 3.63) is 67.6 Å². The zero-order valence-electron chi connectivity index (χ0n) is 16.2. The van der Waals surface area contributed by atoms with Gasteiger partial charge in [-0.1, -0.05) is 44.2 Å². The van der Waals surface area contributed by atoms with E-state index in [0.29, 0.717) is 5.56 Å². The third kappa shape index (κ3) is 4.34. The van der Waals surface area contributed by atoms with Gasteiger partial charge in [0, 0.05) is 15.0 Å². The van der Waals surface area contributed by atoms with Gasteiger partial charge in [-0.15, -0.1) is 0 Å². The molecule has 0 aliphatic heterocycles. The van der Waals surface area contributed by atoms with Crippen LogP contribution in [0.2, 0.25) is 0 Å². The summed E-state index contributed by atoms with van der Waals surface area (Å²) in [4.78, 5) is 17.8. The first kappa shape index (κ1) is 20.6. The summed E-state index contributed by atoms with van der Waals surface area (Å²) in [6, 6.07) is 6.22. The predicted molar refractivity (Wildman–Crippen MR) is 118 cm³/mol. The van der Waals surface area contributed by atoms with E-state index in [9.17, 15) is 4.79 Å². The number of carbonyl (C=O) groups excluding carboxylic acids is 1. The van der Waals surface area contributed by atoms with E-state index in [1.165, 1.54) is 11.1 Å². The third-order valence-corrected chi connectivity index (χ3v) is 5.83. The minimum Gasteiger partial charge on any atom is -0.321 e. The molecular weight excluding hydrogens is 435 g/mol. The van der Waals surface area contributed by atoms with E-state index in [1.54, 1.807) is 0 Å². The maximum absolute atomic E-state index is 13.2. The molecule has 0 atom stereocenters. The van der Waals surface area contributed by atoms with Crippen molar-refractivity contribution in [1.29, 1.82) is 0 Å². The monoisotopic (exact) mass is 462 g/mol. The molecule has 2 rings (SSSR count). The Morgan fingerprint density at radius 1 is 1.15 bits per heavy atom. The SMILES string of the molecule is CC=CCc1c(C)nc(C)c(C(=O)Nc2c(CC)cccc2CC)c1I. The molecule has 0 fully saturated rings. The molecular formula is C22H27IN2O. The third-order valence-electron chi connectivity index (χ3n) is 4.64. The molecule has 0 aliphatic carbocycles. The highest BCUT2D eigenvalue weighted by atomic mass is 127. The number of benzene rings is 1. The van der Waals surface area contributed by atoms with E-state index in [2.05, 4.69) is 71.0 Å². The lowest BCUT2D eigenvalue weighted by Gasteiger charge is -2.17. The van der Waals surface area contributed by atoms with Gasteiger partial charge in [0.2, 0.25) is 0 Å². The Morgan fingerprint density at radius 3 is 2.31 bits per heavy atom. The number of aromatic nitrogens is 1. The number of hydrogen-bond acceptors (Lipinski definition) is 2. The molecule has 0 unspecified atom stereocenters. The molecule has 0 bridgehead atoms. The molecule has 2 aromatic rings. The highest BCUT2D eigenvalue weighted by Crippen LogP contribution is 2.27. The van der Waals surface area contributed by atoms with Crippen LogP contribution in [0.5, 0.6) is 0 Å². The Kier molecular flexibility index (Phi) is 7.38. The van der Waals surface area contributed by atoms with Crippen LogP contribution < -0.4 is 5.32 Å². The van der Waals surface area contributed by atoms with Gasteiger partial charge in [-0.25, -0.2) is 0 Å². The maximum atomic E-state index is 13.2. The summed E-state index contributed by atoms with van der Waals surface area (Å²) >= 11 is 2.29. The molecule has 3 nitrogen and oxygen atoms in total. The predicted octanol–water partition coefficient (Wildman–Crippen LogP) is 5.80. The van der Waals surface area contributed by atoms with Crippen LogP contribution in [0.3, 0.4) is 0 Å². The molecule has 1 aromatic carbocycles. The number of nitrogens with one attached hydrogen (secondary N) is 1. The largest absolute Gasteiger partial charge is 0.321 e. The van der Waals surface area contributed by atoms with Gasteiger partial charge in [0.1, 0.15) is 0 Å². The molecule has 0 aliphatic rings. The van der Waals surface area contributed by atoms with Crippen LogP contribution in [0.1, 0.15) is 59.2 Å². The summed E-state index contributed by atoms with van der Waals surface area (Å²) < 4.78 is 0.996. The summed E-state index contributed by atoms with van der Waals surface area (Å²) in [5.41, 5.74) is 6.86. The van der Waals surface area contributed by atoms with Crippen LogP contribution in [0.25, 0.3) is 0 Å². The number of pyridine rings is 1. The van der Waals surface area contributed by atoms with Gasteiger partial charge in [0.25, 0.3) is 5.91 Å². The van der Waals surface area contributed by atoms with Gasteiger partial charge in [-0.05, 0) is 79.3 Å². The number of aryl methyl sites for hydroxylation is 4. The van der Waals surface area contributed by atoms with Gasteiger partial charge >= 0.3 is 0 Å². The number of allylic oxidation sites excluding steroid dienone is 2. The number of rotatable bonds is 6. The number of nitrogens with zero attached hydrogens (tertiary/aromatic N) is 1. The van der Waals surface area contributed by atoms with Crippen LogP contribution in [-0.2, 0) is 19.3 Å². The Labute approximate surface area is 170 Å². The minimum absolute atomic E-state index is 0.0725. The Bertz CT molecular complexity index is 818. The Balaban J connectivity index is 2.48. The zero-order chi connectivity index (χ0) is 19.3. The van der Waals surface area contributed by atoms with Crippen molar-refractivity contribution in [1.82, 2.24) is 4.98 Å². The van der Waals surface area contributed by atoms with E-state index < -0.39 is 0 Å². The molecule has 138 valence electrons. The highest BCUT2D eigenvalue weighted by Gasteiger charge is 2.20. The smallest absolute Gasteiger partial charge is 0.258 e. The molecule has 0 saturated carbocycles. The average Bonchev–Trinajstić information content (AvgIpc) is 2.61. The summed E-state index contributed by atoms with van der Waals surface area (Å²) in [6.45, 7) is 10.2. The van der Waals surface area contributed by atoms with E-state index in [0.717, 1.165) is 45.5 Å². The summed E-state index contributed by atoms with van der Waals surface area (Å²) in [6.07, 6.45) is 6.70. The average molecular weight is 462 g/mol. The Morgan fingerprint density at radius 2 is 1.77 bits per heavy atom. The lowest BCUT2D eigenvalue weighted by molar-refractivity contribution is 0.102. The van der Waals surface area contributed by atoms with Crippen molar-refractivity contribution < 1.29 is 4.79 Å². The first-order valence-electron chi connectivity index (χ1n) is 9.13. The molecule has 4 heteroatoms. The van der Waals surface area contributed by atoms with Crippen molar-refractivity contribution in [3.63, 3.8) is 0 Å². The van der Waals surface area contributed by atoms with Crippen molar-refractivity contribution in [3.8, 4) is 0 Å². The summed E-state index contributed by atoms with van der Waals surface area (Å²) in [5, 5.41) is 3.18. The van der Waals surface area contributed by atoms with Crippen molar-refractivity contribution >= 4 is 34.2 Å². The fourth-order valence-electron chi connectivity index (χ4n) is 3.16. The molecule has 1 N–H and O–H groups in total. The van der Waals surface area contributed by atoms with Crippen LogP contribution in [-0.4, -0.2) is 10.9 Å². The van der Waals surface area contributed by atoms with Crippen LogP contribution >= 0.6 is 22.6 Å². The van der Waals surface area contributed by atoms with Crippen LogP contribution in [0.15, 0.2) is 30.4 Å². The number of para-hydroxylation sites is 1. The molecule has 1 heterocycles. The van der Waals surface area contributed by atoms with Crippen molar-refractivity contribution in [2.24, 2.45) is 0 Å². The fourth-order valence-corrected chi connectivity index (χ4v) is 4.41. The van der Waals surface area contributed by atoms with Crippen molar-refractivity contribution in [2.75, 3.05) is 5.32 Å². The number of anilines is 1. The second-order valence-electron chi connectivity index (χ2n) is 6.34. The summed E-state index contributed by atoms with van der Waals surface area (Å²) in [7, 11) is 0. The van der Waals surface area contributed by atoms with E-state index in [-0.39, 0.29) is 5.91 Å². The maximum Gasteiger partial charge on any atom is 0.258 e.